The van der Waals surface area contributed by atoms with Gasteiger partial charge in [0.05, 0.1) is 7.11 Å². The summed E-state index contributed by atoms with van der Waals surface area (Å²) < 4.78 is 5.49. The van der Waals surface area contributed by atoms with Gasteiger partial charge in [0, 0.05) is 0 Å². The van der Waals surface area contributed by atoms with Crippen molar-refractivity contribution in [1.29, 1.82) is 0 Å². The normalized spacial score (nSPS) is 11.6. The van der Waals surface area contributed by atoms with E-state index in [1.165, 1.54) is 32.1 Å². The molecule has 0 saturated heterocycles. The Bertz CT molecular complexity index is 1310. The monoisotopic (exact) mass is 502 g/mol. The number of rotatable bonds is 8. The van der Waals surface area contributed by atoms with Gasteiger partial charge < -0.3 is 4.74 Å². The Morgan fingerprint density at radius 3 is 1.28 bits per heavy atom. The Labute approximate surface area is 216 Å². The quantitative estimate of drug-likeness (QED) is 0.203. The zero-order valence-corrected chi connectivity index (χ0v) is 22.0. The molecule has 0 aliphatic rings. The molecule has 0 aliphatic carbocycles. The molecule has 0 aliphatic heterocycles. The summed E-state index contributed by atoms with van der Waals surface area (Å²) in [5, 5.41) is 6.75. The maximum Gasteiger partial charge on any atom is 0.118 e. The first-order valence-electron chi connectivity index (χ1n) is 12.0. The summed E-state index contributed by atoms with van der Waals surface area (Å²) in [4.78, 5) is 0. The smallest absolute Gasteiger partial charge is 0.118 e. The molecular formula is C33H28OP2. The van der Waals surface area contributed by atoms with E-state index < -0.39 is 15.8 Å². The number of methoxy groups -OCH3 is 1. The Hall–Kier alpha value is -3.50. The van der Waals surface area contributed by atoms with Crippen molar-refractivity contribution in [1.82, 2.24) is 0 Å². The highest BCUT2D eigenvalue weighted by atomic mass is 31.1. The highest BCUT2D eigenvalue weighted by molar-refractivity contribution is 7.84. The fraction of sp³-hybridized carbons (Fsp3) is 0.0303. The van der Waals surface area contributed by atoms with Crippen LogP contribution in [0.25, 0.3) is 5.31 Å². The molecule has 0 bridgehead atoms. The van der Waals surface area contributed by atoms with Gasteiger partial charge in [0.15, 0.2) is 0 Å². The first kappa shape index (κ1) is 24.2. The van der Waals surface area contributed by atoms with E-state index in [0.29, 0.717) is 0 Å². The van der Waals surface area contributed by atoms with E-state index >= 15 is 0 Å². The van der Waals surface area contributed by atoms with Crippen molar-refractivity contribution in [3.8, 4) is 5.75 Å². The average molecular weight is 503 g/mol. The van der Waals surface area contributed by atoms with Crippen LogP contribution < -0.4 is 26.0 Å². The molecule has 36 heavy (non-hydrogen) atoms. The van der Waals surface area contributed by atoms with E-state index in [9.17, 15) is 0 Å². The van der Waals surface area contributed by atoms with Crippen LogP contribution in [-0.2, 0) is 0 Å². The summed E-state index contributed by atoms with van der Waals surface area (Å²) in [5.41, 5.74) is 1.23. The van der Waals surface area contributed by atoms with E-state index in [1.807, 2.05) is 0 Å². The summed E-state index contributed by atoms with van der Waals surface area (Å²) in [7, 11) is 0.222. The minimum Gasteiger partial charge on any atom is -0.497 e. The number of hydrogen-bond acceptors (Lipinski definition) is 1. The van der Waals surface area contributed by atoms with Gasteiger partial charge in [-0.25, -0.2) is 0 Å². The van der Waals surface area contributed by atoms with Gasteiger partial charge in [0.2, 0.25) is 0 Å². The molecule has 0 saturated carbocycles. The van der Waals surface area contributed by atoms with Crippen molar-refractivity contribution in [2.24, 2.45) is 0 Å². The molecular weight excluding hydrogens is 474 g/mol. The fourth-order valence-electron chi connectivity index (χ4n) is 4.20. The molecule has 5 aromatic rings. The van der Waals surface area contributed by atoms with Crippen LogP contribution in [0, 0.1) is 0 Å². The molecule has 3 heteroatoms. The largest absolute Gasteiger partial charge is 0.497 e. The summed E-state index contributed by atoms with van der Waals surface area (Å²) in [6, 6.07) is 52.2. The van der Waals surface area contributed by atoms with Crippen LogP contribution >= 0.6 is 15.8 Å². The van der Waals surface area contributed by atoms with Gasteiger partial charge in [0.25, 0.3) is 0 Å². The summed E-state index contributed by atoms with van der Waals surface area (Å²) >= 11 is 0. The SMILES string of the molecule is COc1ccc(/C(=C\P(c2ccccc2)c2ccccc2)P(c2ccccc2)c2ccccc2)cc1. The molecule has 5 aromatic carbocycles. The zero-order chi connectivity index (χ0) is 24.6. The van der Waals surface area contributed by atoms with Crippen molar-refractivity contribution in [2.45, 2.75) is 0 Å². The third-order valence-corrected chi connectivity index (χ3v) is 10.9. The second kappa shape index (κ2) is 12.0. The van der Waals surface area contributed by atoms with Crippen LogP contribution in [0.15, 0.2) is 151 Å². The molecule has 0 atom stereocenters. The van der Waals surface area contributed by atoms with Crippen LogP contribution in [0.3, 0.4) is 0 Å². The standard InChI is InChI=1S/C33H28OP2/c1-34-28-24-22-27(23-25-28)33(36(31-18-10-4-11-19-31)32-20-12-5-13-21-32)26-35(29-14-6-2-7-15-29)30-16-8-3-9-17-30/h2-26H,1H3/b33-26+. The van der Waals surface area contributed by atoms with E-state index in [-0.39, 0.29) is 0 Å². The lowest BCUT2D eigenvalue weighted by Gasteiger charge is -2.25. The molecule has 0 radical (unpaired) electrons. The number of benzene rings is 5. The summed E-state index contributed by atoms with van der Waals surface area (Å²) in [5.74, 6) is 3.42. The molecule has 0 aromatic heterocycles. The Kier molecular flexibility index (Phi) is 8.04. The first-order valence-corrected chi connectivity index (χ1v) is 14.7. The van der Waals surface area contributed by atoms with Crippen LogP contribution in [0.2, 0.25) is 0 Å². The predicted molar refractivity (Wildman–Crippen MR) is 159 cm³/mol. The van der Waals surface area contributed by atoms with Crippen molar-refractivity contribution < 1.29 is 4.74 Å². The fourth-order valence-corrected chi connectivity index (χ4v) is 9.19. The molecule has 0 fully saturated rings. The van der Waals surface area contributed by atoms with Crippen molar-refractivity contribution in [2.75, 3.05) is 7.11 Å². The van der Waals surface area contributed by atoms with Gasteiger partial charge in [0.1, 0.15) is 5.75 Å². The average Bonchev–Trinajstić information content (AvgIpc) is 2.97. The molecule has 5 rings (SSSR count). The third-order valence-electron chi connectivity index (χ3n) is 5.98. The molecule has 0 heterocycles. The van der Waals surface area contributed by atoms with Crippen molar-refractivity contribution >= 4 is 42.4 Å². The topological polar surface area (TPSA) is 9.23 Å². The molecule has 0 unspecified atom stereocenters. The molecule has 0 N–H and O–H groups in total. The van der Waals surface area contributed by atoms with Crippen molar-refractivity contribution in [3.05, 3.63) is 157 Å². The lowest BCUT2D eigenvalue weighted by Crippen LogP contribution is -2.14. The van der Waals surface area contributed by atoms with Gasteiger partial charge in [-0.1, -0.05) is 133 Å². The highest BCUT2D eigenvalue weighted by Gasteiger charge is 2.23. The number of hydrogen-bond donors (Lipinski definition) is 0. The third kappa shape index (κ3) is 5.66. The van der Waals surface area contributed by atoms with Crippen LogP contribution in [-0.4, -0.2) is 7.11 Å². The summed E-state index contributed by atoms with van der Waals surface area (Å²) in [6.45, 7) is 0. The maximum atomic E-state index is 5.49. The van der Waals surface area contributed by atoms with Crippen molar-refractivity contribution in [3.63, 3.8) is 0 Å². The molecule has 0 amide bonds. The molecule has 1 nitrogen and oxygen atoms in total. The molecule has 176 valence electrons. The van der Waals surface area contributed by atoms with Gasteiger partial charge in [-0.05, 0) is 65.9 Å². The van der Waals surface area contributed by atoms with Gasteiger partial charge in [-0.2, -0.15) is 0 Å². The predicted octanol–water partition coefficient (Wildman–Crippen LogP) is 7.26. The van der Waals surface area contributed by atoms with E-state index in [2.05, 4.69) is 151 Å². The Morgan fingerprint density at radius 1 is 0.500 bits per heavy atom. The Balaban J connectivity index is 1.76. The van der Waals surface area contributed by atoms with Gasteiger partial charge >= 0.3 is 0 Å². The first-order chi connectivity index (χ1) is 17.8. The van der Waals surface area contributed by atoms with Gasteiger partial charge in [-0.3, -0.25) is 0 Å². The van der Waals surface area contributed by atoms with Crippen LogP contribution in [0.1, 0.15) is 5.56 Å². The second-order valence-corrected chi connectivity index (χ2v) is 12.5. The highest BCUT2D eigenvalue weighted by Crippen LogP contribution is 2.53. The Morgan fingerprint density at radius 2 is 0.889 bits per heavy atom. The summed E-state index contributed by atoms with van der Waals surface area (Å²) in [6.07, 6.45) is 0. The van der Waals surface area contributed by atoms with E-state index in [4.69, 9.17) is 4.74 Å². The van der Waals surface area contributed by atoms with Crippen LogP contribution in [0.5, 0.6) is 5.75 Å². The van der Waals surface area contributed by atoms with E-state index in [0.717, 1.165) is 5.75 Å². The molecule has 0 spiro atoms. The minimum absolute atomic E-state index is 0.715. The lowest BCUT2D eigenvalue weighted by molar-refractivity contribution is 0.415. The van der Waals surface area contributed by atoms with Gasteiger partial charge in [-0.15, -0.1) is 0 Å². The lowest BCUT2D eigenvalue weighted by atomic mass is 10.2. The van der Waals surface area contributed by atoms with E-state index in [1.54, 1.807) is 7.11 Å². The second-order valence-electron chi connectivity index (χ2n) is 8.29. The minimum atomic E-state index is -0.781. The number of ether oxygens (including phenoxy) is 1. The maximum absolute atomic E-state index is 5.49. The van der Waals surface area contributed by atoms with Crippen LogP contribution in [0.4, 0.5) is 0 Å². The zero-order valence-electron chi connectivity index (χ0n) is 20.2.